The van der Waals surface area contributed by atoms with Crippen molar-refractivity contribution in [3.8, 4) is 0 Å². The fraction of sp³-hybridized carbons (Fsp3) is 0.875. The van der Waals surface area contributed by atoms with Gasteiger partial charge in [-0.3, -0.25) is 4.79 Å². The zero-order chi connectivity index (χ0) is 10.8. The number of hydrogen-bond acceptors (Lipinski definition) is 3. The van der Waals surface area contributed by atoms with Crippen LogP contribution in [0, 0.1) is 0 Å². The summed E-state index contributed by atoms with van der Waals surface area (Å²) in [6.45, 7) is 2.81. The predicted octanol–water partition coefficient (Wildman–Crippen LogP) is -0.453. The van der Waals surface area contributed by atoms with Crippen molar-refractivity contribution in [1.29, 1.82) is 0 Å². The number of hydrogen-bond donors (Lipinski definition) is 1. The molecule has 0 aromatic rings. The molecule has 1 N–H and O–H groups in total. The topological polar surface area (TPSA) is 66.5 Å². The van der Waals surface area contributed by atoms with E-state index in [0.717, 1.165) is 6.26 Å². The number of likely N-dealkylation sites (tertiary alicyclic amines) is 1. The monoisotopic (exact) mass is 220 g/mol. The van der Waals surface area contributed by atoms with E-state index in [2.05, 4.69) is 4.72 Å². The maximum absolute atomic E-state index is 11.0. The second-order valence-electron chi connectivity index (χ2n) is 3.67. The summed E-state index contributed by atoms with van der Waals surface area (Å²) in [6.07, 6.45) is 2.56. The molecule has 14 heavy (non-hydrogen) atoms. The van der Waals surface area contributed by atoms with Crippen LogP contribution in [0.2, 0.25) is 0 Å². The summed E-state index contributed by atoms with van der Waals surface area (Å²) in [5, 5.41) is 0. The second kappa shape index (κ2) is 4.27. The Labute approximate surface area is 84.5 Å². The smallest absolute Gasteiger partial charge is 0.219 e. The normalized spacial score (nSPS) is 19.7. The van der Waals surface area contributed by atoms with Crippen molar-refractivity contribution < 1.29 is 13.2 Å². The first kappa shape index (κ1) is 11.5. The molecule has 0 unspecified atom stereocenters. The number of piperidine rings is 1. The standard InChI is InChI=1S/C8H16N2O3S/c1-7(11)10-5-3-8(4-6-10)9-14(2,12)13/h8-9H,3-6H2,1-2H3. The van der Waals surface area contributed by atoms with Gasteiger partial charge in [0.1, 0.15) is 0 Å². The highest BCUT2D eigenvalue weighted by Crippen LogP contribution is 2.10. The zero-order valence-corrected chi connectivity index (χ0v) is 9.30. The van der Waals surface area contributed by atoms with Crippen molar-refractivity contribution >= 4 is 15.9 Å². The molecule has 82 valence electrons. The van der Waals surface area contributed by atoms with Crippen LogP contribution >= 0.6 is 0 Å². The Morgan fingerprint density at radius 1 is 1.36 bits per heavy atom. The van der Waals surface area contributed by atoms with E-state index in [1.165, 1.54) is 6.92 Å². The van der Waals surface area contributed by atoms with Gasteiger partial charge in [-0.25, -0.2) is 13.1 Å². The molecule has 0 aliphatic carbocycles. The van der Waals surface area contributed by atoms with Gasteiger partial charge in [0.05, 0.1) is 6.26 Å². The minimum absolute atomic E-state index is 0.0133. The Hall–Kier alpha value is -0.620. The molecule has 1 rings (SSSR count). The average molecular weight is 220 g/mol. The fourth-order valence-corrected chi connectivity index (χ4v) is 2.46. The van der Waals surface area contributed by atoms with Crippen molar-refractivity contribution in [3.05, 3.63) is 0 Å². The lowest BCUT2D eigenvalue weighted by atomic mass is 10.1. The molecule has 1 aliphatic rings. The summed E-state index contributed by atoms with van der Waals surface area (Å²) in [5.74, 6) is 0.0582. The second-order valence-corrected chi connectivity index (χ2v) is 5.45. The van der Waals surface area contributed by atoms with Gasteiger partial charge in [0.25, 0.3) is 0 Å². The van der Waals surface area contributed by atoms with Crippen LogP contribution < -0.4 is 4.72 Å². The fourth-order valence-electron chi connectivity index (χ4n) is 1.61. The average Bonchev–Trinajstić information content (AvgIpc) is 2.02. The van der Waals surface area contributed by atoms with Crippen molar-refractivity contribution in [2.75, 3.05) is 19.3 Å². The Morgan fingerprint density at radius 2 is 1.86 bits per heavy atom. The highest BCUT2D eigenvalue weighted by atomic mass is 32.2. The minimum Gasteiger partial charge on any atom is -0.343 e. The SMILES string of the molecule is CC(=O)N1CCC(NS(C)(=O)=O)CC1. The molecule has 1 aliphatic heterocycles. The van der Waals surface area contributed by atoms with E-state index in [1.54, 1.807) is 4.90 Å². The van der Waals surface area contributed by atoms with Crippen molar-refractivity contribution in [2.45, 2.75) is 25.8 Å². The van der Waals surface area contributed by atoms with E-state index in [4.69, 9.17) is 0 Å². The molecule has 5 nitrogen and oxygen atoms in total. The summed E-state index contributed by atoms with van der Waals surface area (Å²) < 4.78 is 24.4. The third kappa shape index (κ3) is 3.63. The number of carbonyl (C=O) groups excluding carboxylic acids is 1. The minimum atomic E-state index is -3.11. The highest BCUT2D eigenvalue weighted by Gasteiger charge is 2.22. The van der Waals surface area contributed by atoms with E-state index < -0.39 is 10.0 Å². The highest BCUT2D eigenvalue weighted by molar-refractivity contribution is 7.88. The molecule has 1 heterocycles. The molecule has 0 bridgehead atoms. The van der Waals surface area contributed by atoms with Crippen LogP contribution in [0.1, 0.15) is 19.8 Å². The van der Waals surface area contributed by atoms with Crippen LogP contribution in [0.4, 0.5) is 0 Å². The summed E-state index contributed by atoms with van der Waals surface area (Å²) in [5.41, 5.74) is 0. The van der Waals surface area contributed by atoms with Crippen molar-refractivity contribution in [1.82, 2.24) is 9.62 Å². The molecule has 1 saturated heterocycles. The molecule has 0 spiro atoms. The van der Waals surface area contributed by atoms with E-state index in [-0.39, 0.29) is 11.9 Å². The van der Waals surface area contributed by atoms with Crippen LogP contribution in [-0.2, 0) is 14.8 Å². The zero-order valence-electron chi connectivity index (χ0n) is 8.49. The lowest BCUT2D eigenvalue weighted by molar-refractivity contribution is -0.129. The summed E-state index contributed by atoms with van der Waals surface area (Å²) >= 11 is 0. The van der Waals surface area contributed by atoms with Gasteiger partial charge in [0.2, 0.25) is 15.9 Å². The maximum Gasteiger partial charge on any atom is 0.219 e. The van der Waals surface area contributed by atoms with Gasteiger partial charge in [-0.15, -0.1) is 0 Å². The van der Waals surface area contributed by atoms with Gasteiger partial charge in [0, 0.05) is 26.1 Å². The molecule has 6 heteroatoms. The van der Waals surface area contributed by atoms with Crippen LogP contribution in [0.5, 0.6) is 0 Å². The van der Waals surface area contributed by atoms with Gasteiger partial charge in [0.15, 0.2) is 0 Å². The third-order valence-corrected chi connectivity index (χ3v) is 3.08. The third-order valence-electron chi connectivity index (χ3n) is 2.32. The van der Waals surface area contributed by atoms with Crippen molar-refractivity contribution in [3.63, 3.8) is 0 Å². The first-order valence-electron chi connectivity index (χ1n) is 4.61. The Balaban J connectivity index is 2.40. The van der Waals surface area contributed by atoms with Crippen molar-refractivity contribution in [2.24, 2.45) is 0 Å². The number of nitrogens with zero attached hydrogens (tertiary/aromatic N) is 1. The first-order valence-corrected chi connectivity index (χ1v) is 6.50. The number of nitrogens with one attached hydrogen (secondary N) is 1. The van der Waals surface area contributed by atoms with Gasteiger partial charge >= 0.3 is 0 Å². The van der Waals surface area contributed by atoms with Crippen LogP contribution in [-0.4, -0.2) is 44.6 Å². The predicted molar refractivity (Wildman–Crippen MR) is 53.3 cm³/mol. The lowest BCUT2D eigenvalue weighted by Crippen LogP contribution is -2.45. The summed E-state index contributed by atoms with van der Waals surface area (Å²) in [7, 11) is -3.11. The largest absolute Gasteiger partial charge is 0.343 e. The molecule has 0 aromatic heterocycles. The summed E-state index contributed by atoms with van der Waals surface area (Å²) in [6, 6.07) is -0.0133. The van der Waals surface area contributed by atoms with Crippen LogP contribution in [0.25, 0.3) is 0 Å². The molecule has 1 amide bonds. The molecular weight excluding hydrogens is 204 g/mol. The lowest BCUT2D eigenvalue weighted by Gasteiger charge is -2.31. The van der Waals surface area contributed by atoms with E-state index in [9.17, 15) is 13.2 Å². The Kier molecular flexibility index (Phi) is 3.49. The molecular formula is C8H16N2O3S. The van der Waals surface area contributed by atoms with E-state index in [1.807, 2.05) is 0 Å². The molecule has 0 radical (unpaired) electrons. The summed E-state index contributed by atoms with van der Waals surface area (Å²) in [4.78, 5) is 12.7. The van der Waals surface area contributed by atoms with Gasteiger partial charge in [-0.05, 0) is 12.8 Å². The maximum atomic E-state index is 11.0. The van der Waals surface area contributed by atoms with Gasteiger partial charge < -0.3 is 4.90 Å². The van der Waals surface area contributed by atoms with E-state index >= 15 is 0 Å². The molecule has 0 atom stereocenters. The quantitative estimate of drug-likeness (QED) is 0.685. The number of rotatable bonds is 2. The number of carbonyl (C=O) groups is 1. The van der Waals surface area contributed by atoms with Gasteiger partial charge in [-0.2, -0.15) is 0 Å². The van der Waals surface area contributed by atoms with E-state index in [0.29, 0.717) is 25.9 Å². The van der Waals surface area contributed by atoms with Crippen LogP contribution in [0.15, 0.2) is 0 Å². The van der Waals surface area contributed by atoms with Gasteiger partial charge in [-0.1, -0.05) is 0 Å². The Bertz CT molecular complexity index is 305. The number of amides is 1. The molecule has 0 aromatic carbocycles. The first-order chi connectivity index (χ1) is 6.38. The molecule has 0 saturated carbocycles. The Morgan fingerprint density at radius 3 is 2.21 bits per heavy atom. The van der Waals surface area contributed by atoms with Crippen LogP contribution in [0.3, 0.4) is 0 Å². The molecule has 1 fully saturated rings. The number of sulfonamides is 1.